The second-order valence-electron chi connectivity index (χ2n) is 5.86. The van der Waals surface area contributed by atoms with Gasteiger partial charge in [-0.15, -0.1) is 0 Å². The third-order valence-electron chi connectivity index (χ3n) is 4.00. The van der Waals surface area contributed by atoms with E-state index in [0.717, 1.165) is 0 Å². The molecule has 0 unspecified atom stereocenters. The molecule has 2 rings (SSSR count). The summed E-state index contributed by atoms with van der Waals surface area (Å²) in [6, 6.07) is 9.01. The Balaban J connectivity index is 1.99. The van der Waals surface area contributed by atoms with E-state index in [0.29, 0.717) is 22.6 Å². The molecule has 28 heavy (non-hydrogen) atoms. The van der Waals surface area contributed by atoms with Crippen LogP contribution in [0.1, 0.15) is 15.9 Å². The lowest BCUT2D eigenvalue weighted by atomic mass is 10.2. The van der Waals surface area contributed by atoms with Gasteiger partial charge in [0.15, 0.2) is 29.7 Å². The maximum Gasteiger partial charge on any atom is 0.337 e. The van der Waals surface area contributed by atoms with Gasteiger partial charge in [-0.3, -0.25) is 4.79 Å². The minimum atomic E-state index is -0.507. The Morgan fingerprint density at radius 1 is 0.964 bits per heavy atom. The molecule has 2 aromatic rings. The van der Waals surface area contributed by atoms with E-state index in [1.807, 2.05) is 0 Å². The van der Waals surface area contributed by atoms with Crippen molar-refractivity contribution < 1.29 is 32.9 Å². The number of amides is 1. The van der Waals surface area contributed by atoms with Gasteiger partial charge >= 0.3 is 5.97 Å². The number of rotatable bonds is 8. The third kappa shape index (κ3) is 5.12. The number of nitrogens with zero attached hydrogens (tertiary/aromatic N) is 1. The van der Waals surface area contributed by atoms with Gasteiger partial charge in [-0.25, -0.2) is 9.18 Å². The zero-order valence-corrected chi connectivity index (χ0v) is 16.2. The largest absolute Gasteiger partial charge is 0.494 e. The Morgan fingerprint density at radius 3 is 2.25 bits per heavy atom. The number of esters is 1. The van der Waals surface area contributed by atoms with Crippen LogP contribution in [0.25, 0.3) is 0 Å². The molecule has 150 valence electrons. The molecule has 0 aromatic heterocycles. The van der Waals surface area contributed by atoms with Crippen LogP contribution in [-0.2, 0) is 16.1 Å². The fourth-order valence-corrected chi connectivity index (χ4v) is 2.45. The fraction of sp³-hybridized carbons (Fsp3) is 0.300. The van der Waals surface area contributed by atoms with Crippen LogP contribution in [0.5, 0.6) is 17.2 Å². The molecule has 0 bridgehead atoms. The summed E-state index contributed by atoms with van der Waals surface area (Å²) < 4.78 is 34.0. The first-order valence-corrected chi connectivity index (χ1v) is 8.35. The summed E-state index contributed by atoms with van der Waals surface area (Å²) in [5, 5.41) is 0. The van der Waals surface area contributed by atoms with E-state index in [1.165, 1.54) is 56.6 Å². The molecule has 0 saturated heterocycles. The second kappa shape index (κ2) is 9.59. The van der Waals surface area contributed by atoms with Crippen molar-refractivity contribution in [3.8, 4) is 17.2 Å². The first-order valence-electron chi connectivity index (χ1n) is 8.35. The van der Waals surface area contributed by atoms with E-state index in [1.54, 1.807) is 13.1 Å². The van der Waals surface area contributed by atoms with Crippen LogP contribution in [0.4, 0.5) is 4.39 Å². The van der Waals surface area contributed by atoms with Gasteiger partial charge in [0.1, 0.15) is 0 Å². The van der Waals surface area contributed by atoms with Crippen molar-refractivity contribution >= 4 is 11.9 Å². The lowest BCUT2D eigenvalue weighted by Crippen LogP contribution is -2.31. The maximum atomic E-state index is 13.8. The molecule has 8 heteroatoms. The Hall–Kier alpha value is -3.29. The van der Waals surface area contributed by atoms with Gasteiger partial charge in [0.25, 0.3) is 5.91 Å². The molecular formula is C20H22FNO6. The van der Waals surface area contributed by atoms with E-state index in [-0.39, 0.29) is 24.8 Å². The van der Waals surface area contributed by atoms with E-state index >= 15 is 0 Å². The topological polar surface area (TPSA) is 74.3 Å². The molecule has 0 atom stereocenters. The van der Waals surface area contributed by atoms with Crippen LogP contribution < -0.4 is 14.2 Å². The van der Waals surface area contributed by atoms with Gasteiger partial charge in [0, 0.05) is 13.6 Å². The maximum absolute atomic E-state index is 13.8. The first kappa shape index (κ1) is 21.0. The molecule has 0 spiro atoms. The van der Waals surface area contributed by atoms with Gasteiger partial charge in [0.05, 0.1) is 26.9 Å². The van der Waals surface area contributed by atoms with Crippen LogP contribution in [-0.4, -0.2) is 51.8 Å². The highest BCUT2D eigenvalue weighted by atomic mass is 19.1. The Kier molecular flexibility index (Phi) is 7.20. The van der Waals surface area contributed by atoms with Crippen molar-refractivity contribution in [1.29, 1.82) is 0 Å². The van der Waals surface area contributed by atoms with Crippen molar-refractivity contribution in [3.63, 3.8) is 0 Å². The van der Waals surface area contributed by atoms with Gasteiger partial charge in [0.2, 0.25) is 0 Å². The van der Waals surface area contributed by atoms with Crippen molar-refractivity contribution in [1.82, 2.24) is 4.90 Å². The molecule has 0 N–H and O–H groups in total. The average molecular weight is 391 g/mol. The minimum Gasteiger partial charge on any atom is -0.494 e. The van der Waals surface area contributed by atoms with Crippen LogP contribution in [0.15, 0.2) is 36.4 Å². The summed E-state index contributed by atoms with van der Waals surface area (Å²) in [6.07, 6.45) is 0. The lowest BCUT2D eigenvalue weighted by molar-refractivity contribution is -0.132. The predicted molar refractivity (Wildman–Crippen MR) is 99.3 cm³/mol. The quantitative estimate of drug-likeness (QED) is 0.644. The van der Waals surface area contributed by atoms with Crippen LogP contribution in [0.3, 0.4) is 0 Å². The standard InChI is InChI=1S/C20H22FNO6/c1-22(11-13-5-7-16(25-2)15(21)9-13)19(23)12-28-17-8-6-14(20(24)27-4)10-18(17)26-3/h5-10H,11-12H2,1-4H3. The number of carbonyl (C=O) groups is 2. The number of carbonyl (C=O) groups excluding carboxylic acids is 2. The van der Waals surface area contributed by atoms with Gasteiger partial charge in [-0.1, -0.05) is 6.07 Å². The highest BCUT2D eigenvalue weighted by molar-refractivity contribution is 5.90. The molecule has 0 heterocycles. The molecule has 7 nitrogen and oxygen atoms in total. The number of hydrogen-bond acceptors (Lipinski definition) is 6. The van der Waals surface area contributed by atoms with Crippen molar-refractivity contribution in [2.45, 2.75) is 6.54 Å². The second-order valence-corrected chi connectivity index (χ2v) is 5.86. The Morgan fingerprint density at radius 2 is 1.64 bits per heavy atom. The highest BCUT2D eigenvalue weighted by Crippen LogP contribution is 2.28. The summed E-state index contributed by atoms with van der Waals surface area (Å²) in [4.78, 5) is 25.3. The molecule has 0 fully saturated rings. The molecule has 0 aliphatic heterocycles. The normalized spacial score (nSPS) is 10.2. The summed E-state index contributed by atoms with van der Waals surface area (Å²) in [5.74, 6) is -0.554. The predicted octanol–water partition coefficient (Wildman–Crippen LogP) is 2.67. The fourth-order valence-electron chi connectivity index (χ4n) is 2.45. The Labute approximate surface area is 162 Å². The molecular weight excluding hydrogens is 369 g/mol. The SMILES string of the molecule is COC(=O)c1ccc(OCC(=O)N(C)Cc2ccc(OC)c(F)c2)c(OC)c1. The summed E-state index contributed by atoms with van der Waals surface area (Å²) in [7, 11) is 5.68. The number of benzene rings is 2. The number of likely N-dealkylation sites (N-methyl/N-ethyl adjacent to an activating group) is 1. The van der Waals surface area contributed by atoms with Crippen LogP contribution in [0, 0.1) is 5.82 Å². The molecule has 1 amide bonds. The Bertz CT molecular complexity index is 855. The zero-order valence-electron chi connectivity index (χ0n) is 16.2. The molecule has 0 radical (unpaired) electrons. The number of ether oxygens (including phenoxy) is 4. The highest BCUT2D eigenvalue weighted by Gasteiger charge is 2.15. The van der Waals surface area contributed by atoms with Crippen LogP contribution >= 0.6 is 0 Å². The summed E-state index contributed by atoms with van der Waals surface area (Å²) in [6.45, 7) is -0.0371. The first-order chi connectivity index (χ1) is 13.4. The van der Waals surface area contributed by atoms with E-state index in [4.69, 9.17) is 14.2 Å². The van der Waals surface area contributed by atoms with E-state index in [2.05, 4.69) is 4.74 Å². The van der Waals surface area contributed by atoms with Gasteiger partial charge in [-0.2, -0.15) is 0 Å². The van der Waals surface area contributed by atoms with Crippen molar-refractivity contribution in [2.75, 3.05) is 35.0 Å². The number of methoxy groups -OCH3 is 3. The van der Waals surface area contributed by atoms with Crippen molar-refractivity contribution in [2.24, 2.45) is 0 Å². The number of halogens is 1. The average Bonchev–Trinajstić information content (AvgIpc) is 2.71. The van der Waals surface area contributed by atoms with E-state index < -0.39 is 11.8 Å². The smallest absolute Gasteiger partial charge is 0.337 e. The van der Waals surface area contributed by atoms with Crippen LogP contribution in [0.2, 0.25) is 0 Å². The summed E-state index contributed by atoms with van der Waals surface area (Å²) >= 11 is 0. The third-order valence-corrected chi connectivity index (χ3v) is 4.00. The number of hydrogen-bond donors (Lipinski definition) is 0. The molecule has 0 saturated carbocycles. The monoisotopic (exact) mass is 391 g/mol. The lowest BCUT2D eigenvalue weighted by Gasteiger charge is -2.18. The minimum absolute atomic E-state index is 0.142. The summed E-state index contributed by atoms with van der Waals surface area (Å²) in [5.41, 5.74) is 0.922. The van der Waals surface area contributed by atoms with Crippen molar-refractivity contribution in [3.05, 3.63) is 53.3 Å². The molecule has 2 aromatic carbocycles. The zero-order chi connectivity index (χ0) is 20.7. The molecule has 0 aliphatic rings. The van der Waals surface area contributed by atoms with Gasteiger partial charge < -0.3 is 23.8 Å². The van der Waals surface area contributed by atoms with Gasteiger partial charge in [-0.05, 0) is 35.9 Å². The van der Waals surface area contributed by atoms with E-state index in [9.17, 15) is 14.0 Å². The molecule has 0 aliphatic carbocycles.